The topological polar surface area (TPSA) is 108 Å². The van der Waals surface area contributed by atoms with Gasteiger partial charge in [0.15, 0.2) is 11.5 Å². The molecule has 0 saturated heterocycles. The Bertz CT molecular complexity index is 452. The molecule has 0 fully saturated rings. The van der Waals surface area contributed by atoms with Crippen LogP contribution in [-0.4, -0.2) is 42.3 Å². The fourth-order valence-electron chi connectivity index (χ4n) is 2.03. The van der Waals surface area contributed by atoms with Crippen molar-refractivity contribution in [2.24, 2.45) is 5.73 Å². The average molecular weight is 309 g/mol. The molecule has 0 unspecified atom stereocenters. The van der Waals surface area contributed by atoms with Gasteiger partial charge in [-0.3, -0.25) is 4.79 Å². The number of hydrogen-bond donors (Lipinski definition) is 5. The SMILES string of the molecule is NCCCNCCCCNC(=O)CCc1ccc(O)c(O)c1. The van der Waals surface area contributed by atoms with E-state index >= 15 is 0 Å². The Hall–Kier alpha value is -1.79. The Morgan fingerprint density at radius 1 is 1.05 bits per heavy atom. The lowest BCUT2D eigenvalue weighted by molar-refractivity contribution is -0.121. The van der Waals surface area contributed by atoms with E-state index in [2.05, 4.69) is 10.6 Å². The predicted molar refractivity (Wildman–Crippen MR) is 86.9 cm³/mol. The first-order chi connectivity index (χ1) is 10.6. The van der Waals surface area contributed by atoms with Crippen molar-refractivity contribution in [1.29, 1.82) is 0 Å². The summed E-state index contributed by atoms with van der Waals surface area (Å²) in [7, 11) is 0. The highest BCUT2D eigenvalue weighted by molar-refractivity contribution is 5.76. The van der Waals surface area contributed by atoms with Gasteiger partial charge in [0, 0.05) is 13.0 Å². The van der Waals surface area contributed by atoms with Gasteiger partial charge >= 0.3 is 0 Å². The number of rotatable bonds is 11. The summed E-state index contributed by atoms with van der Waals surface area (Å²) in [5.74, 6) is -0.294. The van der Waals surface area contributed by atoms with Crippen molar-refractivity contribution < 1.29 is 15.0 Å². The molecule has 0 aromatic heterocycles. The Labute approximate surface area is 131 Å². The molecule has 0 bridgehead atoms. The Morgan fingerprint density at radius 2 is 1.77 bits per heavy atom. The van der Waals surface area contributed by atoms with E-state index in [0.29, 0.717) is 25.9 Å². The van der Waals surface area contributed by atoms with Crippen molar-refractivity contribution in [2.45, 2.75) is 32.1 Å². The summed E-state index contributed by atoms with van der Waals surface area (Å²) in [5.41, 5.74) is 6.22. The molecule has 0 saturated carbocycles. The predicted octanol–water partition coefficient (Wildman–Crippen LogP) is 0.865. The number of phenols is 2. The van der Waals surface area contributed by atoms with Crippen LogP contribution in [0.4, 0.5) is 0 Å². The van der Waals surface area contributed by atoms with Crippen molar-refractivity contribution in [1.82, 2.24) is 10.6 Å². The van der Waals surface area contributed by atoms with Gasteiger partial charge in [-0.25, -0.2) is 0 Å². The average Bonchev–Trinajstić information content (AvgIpc) is 2.51. The fourth-order valence-corrected chi connectivity index (χ4v) is 2.03. The molecular formula is C16H27N3O3. The molecule has 0 heterocycles. The molecule has 1 amide bonds. The minimum absolute atomic E-state index is 0.00338. The second-order valence-electron chi connectivity index (χ2n) is 5.27. The van der Waals surface area contributed by atoms with Crippen molar-refractivity contribution in [3.05, 3.63) is 23.8 Å². The number of carbonyl (C=O) groups is 1. The number of nitrogens with two attached hydrogens (primary N) is 1. The Morgan fingerprint density at radius 3 is 2.50 bits per heavy atom. The van der Waals surface area contributed by atoms with Crippen molar-refractivity contribution in [2.75, 3.05) is 26.2 Å². The van der Waals surface area contributed by atoms with E-state index in [4.69, 9.17) is 5.73 Å². The van der Waals surface area contributed by atoms with E-state index in [1.807, 2.05) is 0 Å². The molecule has 22 heavy (non-hydrogen) atoms. The number of hydrogen-bond acceptors (Lipinski definition) is 5. The van der Waals surface area contributed by atoms with E-state index in [1.165, 1.54) is 12.1 Å². The standard InChI is InChI=1S/C16H27N3O3/c17-8-3-10-18-9-1-2-11-19-16(22)7-5-13-4-6-14(20)15(21)12-13/h4,6,12,18,20-21H,1-3,5,7-11,17H2,(H,19,22). The van der Waals surface area contributed by atoms with E-state index in [-0.39, 0.29) is 17.4 Å². The maximum Gasteiger partial charge on any atom is 0.220 e. The molecule has 0 spiro atoms. The van der Waals surface area contributed by atoms with Crippen LogP contribution >= 0.6 is 0 Å². The van der Waals surface area contributed by atoms with E-state index in [0.717, 1.165) is 37.9 Å². The molecule has 0 aliphatic rings. The quantitative estimate of drug-likeness (QED) is 0.308. The highest BCUT2D eigenvalue weighted by atomic mass is 16.3. The summed E-state index contributed by atoms with van der Waals surface area (Å²) >= 11 is 0. The highest BCUT2D eigenvalue weighted by Gasteiger charge is 2.04. The van der Waals surface area contributed by atoms with Gasteiger partial charge in [-0.2, -0.15) is 0 Å². The van der Waals surface area contributed by atoms with Gasteiger partial charge < -0.3 is 26.6 Å². The first-order valence-electron chi connectivity index (χ1n) is 7.82. The second kappa shape index (κ2) is 10.9. The van der Waals surface area contributed by atoms with Crippen LogP contribution in [0.2, 0.25) is 0 Å². The first-order valence-corrected chi connectivity index (χ1v) is 7.82. The number of benzene rings is 1. The van der Waals surface area contributed by atoms with Gasteiger partial charge in [0.25, 0.3) is 0 Å². The van der Waals surface area contributed by atoms with E-state index in [1.54, 1.807) is 6.07 Å². The summed E-state index contributed by atoms with van der Waals surface area (Å²) in [4.78, 5) is 11.7. The fraction of sp³-hybridized carbons (Fsp3) is 0.562. The molecule has 6 N–H and O–H groups in total. The maximum absolute atomic E-state index is 11.7. The van der Waals surface area contributed by atoms with Gasteiger partial charge in [0.2, 0.25) is 5.91 Å². The zero-order valence-electron chi connectivity index (χ0n) is 13.0. The normalized spacial score (nSPS) is 10.6. The molecular weight excluding hydrogens is 282 g/mol. The van der Waals surface area contributed by atoms with Gasteiger partial charge in [-0.15, -0.1) is 0 Å². The van der Waals surface area contributed by atoms with E-state index in [9.17, 15) is 15.0 Å². The number of unbranched alkanes of at least 4 members (excludes halogenated alkanes) is 1. The van der Waals surface area contributed by atoms with Crippen LogP contribution in [0.15, 0.2) is 18.2 Å². The molecule has 1 aromatic carbocycles. The second-order valence-corrected chi connectivity index (χ2v) is 5.27. The molecule has 0 aliphatic heterocycles. The number of carbonyl (C=O) groups excluding carboxylic acids is 1. The summed E-state index contributed by atoms with van der Waals surface area (Å²) in [6, 6.07) is 4.62. The third kappa shape index (κ3) is 7.85. The lowest BCUT2D eigenvalue weighted by Gasteiger charge is -2.07. The van der Waals surface area contributed by atoms with Gasteiger partial charge in [0.05, 0.1) is 0 Å². The minimum Gasteiger partial charge on any atom is -0.504 e. The van der Waals surface area contributed by atoms with Crippen LogP contribution in [-0.2, 0) is 11.2 Å². The number of nitrogens with one attached hydrogen (secondary N) is 2. The Balaban J connectivity index is 2.05. The number of aryl methyl sites for hydroxylation is 1. The number of amides is 1. The van der Waals surface area contributed by atoms with E-state index < -0.39 is 0 Å². The molecule has 1 rings (SSSR count). The van der Waals surface area contributed by atoms with Gasteiger partial charge in [-0.1, -0.05) is 6.07 Å². The van der Waals surface area contributed by atoms with Crippen LogP contribution in [0.1, 0.15) is 31.2 Å². The molecule has 0 atom stereocenters. The monoisotopic (exact) mass is 309 g/mol. The summed E-state index contributed by atoms with van der Waals surface area (Å²) in [5, 5.41) is 24.8. The number of phenolic OH excluding ortho intramolecular Hbond substituents is 2. The highest BCUT2D eigenvalue weighted by Crippen LogP contribution is 2.25. The van der Waals surface area contributed by atoms with Crippen molar-refractivity contribution >= 4 is 5.91 Å². The van der Waals surface area contributed by atoms with Crippen molar-refractivity contribution in [3.8, 4) is 11.5 Å². The zero-order valence-corrected chi connectivity index (χ0v) is 13.0. The number of aromatic hydroxyl groups is 2. The largest absolute Gasteiger partial charge is 0.504 e. The first kappa shape index (κ1) is 18.3. The molecule has 0 radical (unpaired) electrons. The van der Waals surface area contributed by atoms with Crippen LogP contribution in [0, 0.1) is 0 Å². The third-order valence-electron chi connectivity index (χ3n) is 3.34. The lowest BCUT2D eigenvalue weighted by atomic mass is 10.1. The molecule has 124 valence electrons. The molecule has 6 nitrogen and oxygen atoms in total. The summed E-state index contributed by atoms with van der Waals surface area (Å²) in [6.45, 7) is 3.28. The lowest BCUT2D eigenvalue weighted by Crippen LogP contribution is -2.26. The van der Waals surface area contributed by atoms with Crippen molar-refractivity contribution in [3.63, 3.8) is 0 Å². The van der Waals surface area contributed by atoms with Crippen LogP contribution in [0.25, 0.3) is 0 Å². The van der Waals surface area contributed by atoms with Gasteiger partial charge in [0.1, 0.15) is 0 Å². The van der Waals surface area contributed by atoms with Gasteiger partial charge in [-0.05, 0) is 63.0 Å². The molecule has 0 aliphatic carbocycles. The third-order valence-corrected chi connectivity index (χ3v) is 3.34. The summed E-state index contributed by atoms with van der Waals surface area (Å²) < 4.78 is 0. The summed E-state index contributed by atoms with van der Waals surface area (Å²) in [6.07, 6.45) is 3.88. The molecule has 1 aromatic rings. The molecule has 6 heteroatoms. The zero-order chi connectivity index (χ0) is 16.2. The maximum atomic E-state index is 11.7. The van der Waals surface area contributed by atoms with Crippen LogP contribution < -0.4 is 16.4 Å². The van der Waals surface area contributed by atoms with Crippen LogP contribution in [0.5, 0.6) is 11.5 Å². The smallest absolute Gasteiger partial charge is 0.220 e. The minimum atomic E-state index is -0.153. The Kier molecular flexibility index (Phi) is 9.02. The van der Waals surface area contributed by atoms with Crippen LogP contribution in [0.3, 0.4) is 0 Å².